The van der Waals surface area contributed by atoms with E-state index < -0.39 is 0 Å². The van der Waals surface area contributed by atoms with Crippen molar-refractivity contribution in [1.82, 2.24) is 19.3 Å². The van der Waals surface area contributed by atoms with E-state index in [4.69, 9.17) is 4.74 Å². The van der Waals surface area contributed by atoms with E-state index in [0.29, 0.717) is 0 Å². The van der Waals surface area contributed by atoms with Gasteiger partial charge in [0.2, 0.25) is 5.91 Å². The van der Waals surface area contributed by atoms with E-state index in [2.05, 4.69) is 71.8 Å². The van der Waals surface area contributed by atoms with Gasteiger partial charge in [0, 0.05) is 67.5 Å². The largest absolute Gasteiger partial charge is 0.497 e. The van der Waals surface area contributed by atoms with E-state index in [1.807, 2.05) is 23.1 Å². The fraction of sp³-hybridized carbons (Fsp3) is 0.414. The highest BCUT2D eigenvalue weighted by Crippen LogP contribution is 2.27. The van der Waals surface area contributed by atoms with Crippen molar-refractivity contribution in [2.24, 2.45) is 0 Å². The number of ether oxygens (including phenoxy) is 1. The number of carbonyl (C=O) groups is 1. The van der Waals surface area contributed by atoms with Gasteiger partial charge in [-0.25, -0.2) is 0 Å². The Balaban J connectivity index is 1.38. The lowest BCUT2D eigenvalue weighted by Crippen LogP contribution is -2.47. The number of rotatable bonds is 9. The Labute approximate surface area is 209 Å². The first-order chi connectivity index (χ1) is 17.0. The molecule has 35 heavy (non-hydrogen) atoms. The Hall–Kier alpha value is -3.09. The number of piperazine rings is 1. The molecule has 0 saturated carbocycles. The van der Waals surface area contributed by atoms with Crippen LogP contribution in [0, 0.1) is 6.92 Å². The Bertz CT molecular complexity index is 1160. The van der Waals surface area contributed by atoms with E-state index in [0.717, 1.165) is 63.5 Å². The first-order valence-corrected chi connectivity index (χ1v) is 12.5. The van der Waals surface area contributed by atoms with Gasteiger partial charge < -0.3 is 19.1 Å². The minimum absolute atomic E-state index is 0.0953. The Kier molecular flexibility index (Phi) is 8.26. The number of para-hydroxylation sites is 1. The van der Waals surface area contributed by atoms with Crippen LogP contribution in [0.4, 0.5) is 0 Å². The molecule has 1 fully saturated rings. The molecule has 0 unspecified atom stereocenters. The van der Waals surface area contributed by atoms with Crippen molar-refractivity contribution in [1.29, 1.82) is 0 Å². The first kappa shape index (κ1) is 25.0. The number of nitrogens with zero attached hydrogens (tertiary/aromatic N) is 4. The van der Waals surface area contributed by atoms with Crippen molar-refractivity contribution in [2.75, 3.05) is 53.9 Å². The second-order valence-electron chi connectivity index (χ2n) is 9.61. The van der Waals surface area contributed by atoms with Gasteiger partial charge in [0.1, 0.15) is 5.75 Å². The zero-order valence-electron chi connectivity index (χ0n) is 21.5. The maximum absolute atomic E-state index is 13.0. The molecule has 0 aliphatic carbocycles. The third kappa shape index (κ3) is 6.13. The summed E-state index contributed by atoms with van der Waals surface area (Å²) in [5.41, 5.74) is 4.88. The topological polar surface area (TPSA) is 41.0 Å². The Morgan fingerprint density at radius 1 is 1.03 bits per heavy atom. The van der Waals surface area contributed by atoms with E-state index in [1.54, 1.807) is 13.2 Å². The molecule has 0 bridgehead atoms. The number of amides is 1. The molecule has 2 aromatic carbocycles. The van der Waals surface area contributed by atoms with Gasteiger partial charge in [0.05, 0.1) is 7.11 Å². The van der Waals surface area contributed by atoms with Crippen molar-refractivity contribution < 1.29 is 9.53 Å². The van der Waals surface area contributed by atoms with Gasteiger partial charge in [0.15, 0.2) is 0 Å². The molecule has 1 amide bonds. The van der Waals surface area contributed by atoms with Gasteiger partial charge in [-0.2, -0.15) is 0 Å². The average Bonchev–Trinajstić information content (AvgIpc) is 3.14. The monoisotopic (exact) mass is 474 g/mol. The summed E-state index contributed by atoms with van der Waals surface area (Å²) in [6, 6.07) is 16.7. The second-order valence-corrected chi connectivity index (χ2v) is 9.61. The fourth-order valence-electron chi connectivity index (χ4n) is 4.88. The van der Waals surface area contributed by atoms with Gasteiger partial charge in [0.25, 0.3) is 0 Å². The van der Waals surface area contributed by atoms with Crippen LogP contribution in [0.1, 0.15) is 23.2 Å². The van der Waals surface area contributed by atoms with E-state index in [-0.39, 0.29) is 5.91 Å². The van der Waals surface area contributed by atoms with Crippen LogP contribution in [0.25, 0.3) is 17.0 Å². The van der Waals surface area contributed by atoms with Crippen LogP contribution in [-0.2, 0) is 17.9 Å². The van der Waals surface area contributed by atoms with Gasteiger partial charge in [-0.05, 0) is 63.8 Å². The van der Waals surface area contributed by atoms with E-state index in [1.165, 1.54) is 22.2 Å². The maximum atomic E-state index is 13.0. The lowest BCUT2D eigenvalue weighted by Gasteiger charge is -2.34. The number of hydrogen-bond donors (Lipinski definition) is 0. The Morgan fingerprint density at radius 2 is 1.74 bits per heavy atom. The summed E-state index contributed by atoms with van der Waals surface area (Å²) in [5, 5.41) is 1.21. The number of aromatic nitrogens is 1. The van der Waals surface area contributed by atoms with Crippen LogP contribution in [0.5, 0.6) is 5.75 Å². The molecule has 0 N–H and O–H groups in total. The van der Waals surface area contributed by atoms with Crippen molar-refractivity contribution in [3.8, 4) is 5.75 Å². The van der Waals surface area contributed by atoms with Crippen LogP contribution in [0.3, 0.4) is 0 Å². The van der Waals surface area contributed by atoms with Crippen molar-refractivity contribution in [2.45, 2.75) is 26.4 Å². The lowest BCUT2D eigenvalue weighted by molar-refractivity contribution is -0.127. The highest BCUT2D eigenvalue weighted by molar-refractivity contribution is 5.97. The molecule has 186 valence electrons. The molecule has 6 nitrogen and oxygen atoms in total. The van der Waals surface area contributed by atoms with Crippen LogP contribution in [-0.4, -0.2) is 79.1 Å². The molecule has 0 spiro atoms. The number of hydrogen-bond acceptors (Lipinski definition) is 4. The molecule has 1 aromatic heterocycles. The second kappa shape index (κ2) is 11.6. The quantitative estimate of drug-likeness (QED) is 0.435. The van der Waals surface area contributed by atoms with Gasteiger partial charge in [-0.15, -0.1) is 0 Å². The van der Waals surface area contributed by atoms with Crippen LogP contribution in [0.15, 0.2) is 54.6 Å². The molecule has 4 rings (SSSR count). The summed E-state index contributed by atoms with van der Waals surface area (Å²) < 4.78 is 7.64. The zero-order valence-corrected chi connectivity index (χ0v) is 21.5. The minimum atomic E-state index is 0.0953. The summed E-state index contributed by atoms with van der Waals surface area (Å²) in [6.45, 7) is 8.37. The molecule has 1 aliphatic heterocycles. The highest BCUT2D eigenvalue weighted by Gasteiger charge is 2.20. The third-order valence-electron chi connectivity index (χ3n) is 6.91. The molecule has 3 aromatic rings. The molecule has 1 saturated heterocycles. The van der Waals surface area contributed by atoms with Crippen LogP contribution < -0.4 is 4.74 Å². The molecule has 0 radical (unpaired) electrons. The fourth-order valence-corrected chi connectivity index (χ4v) is 4.88. The highest BCUT2D eigenvalue weighted by atomic mass is 16.5. The zero-order chi connectivity index (χ0) is 24.8. The summed E-state index contributed by atoms with van der Waals surface area (Å²) in [7, 11) is 5.91. The molecule has 6 heteroatoms. The smallest absolute Gasteiger partial charge is 0.246 e. The average molecular weight is 475 g/mol. The van der Waals surface area contributed by atoms with Gasteiger partial charge in [-0.1, -0.05) is 30.3 Å². The summed E-state index contributed by atoms with van der Waals surface area (Å²) >= 11 is 0. The van der Waals surface area contributed by atoms with E-state index in [9.17, 15) is 4.79 Å². The lowest BCUT2D eigenvalue weighted by atomic mass is 10.1. The molecular weight excluding hydrogens is 436 g/mol. The predicted molar refractivity (Wildman–Crippen MR) is 144 cm³/mol. The SMILES string of the molecule is COc1ccc(CN2CCN(C(=O)/C=C/c3c(C)n(CCCN(C)C)c4ccccc34)CC2)cc1. The van der Waals surface area contributed by atoms with E-state index >= 15 is 0 Å². The Morgan fingerprint density at radius 3 is 2.43 bits per heavy atom. The number of methoxy groups -OCH3 is 1. The number of carbonyl (C=O) groups excluding carboxylic acids is 1. The minimum Gasteiger partial charge on any atom is -0.497 e. The van der Waals surface area contributed by atoms with Gasteiger partial charge >= 0.3 is 0 Å². The molecule has 1 aliphatic rings. The summed E-state index contributed by atoms with van der Waals surface area (Å²) in [4.78, 5) is 19.6. The summed E-state index contributed by atoms with van der Waals surface area (Å²) in [6.07, 6.45) is 4.87. The van der Waals surface area contributed by atoms with Crippen LogP contribution >= 0.6 is 0 Å². The standard InChI is InChI=1S/C29H38N4O2/c1-23-26(27-8-5-6-9-28(27)33(23)17-7-16-30(2)3)14-15-29(34)32-20-18-31(19-21-32)22-24-10-12-25(35-4)13-11-24/h5-6,8-15H,7,16-22H2,1-4H3/b15-14+. The first-order valence-electron chi connectivity index (χ1n) is 12.5. The van der Waals surface area contributed by atoms with Crippen molar-refractivity contribution in [3.63, 3.8) is 0 Å². The molecule has 2 heterocycles. The normalized spacial score (nSPS) is 14.9. The number of benzene rings is 2. The van der Waals surface area contributed by atoms with Crippen LogP contribution in [0.2, 0.25) is 0 Å². The number of aryl methyl sites for hydroxylation is 1. The van der Waals surface area contributed by atoms with Crippen molar-refractivity contribution >= 4 is 22.9 Å². The maximum Gasteiger partial charge on any atom is 0.246 e. The third-order valence-corrected chi connectivity index (χ3v) is 6.91. The predicted octanol–water partition coefficient (Wildman–Crippen LogP) is 4.27. The van der Waals surface area contributed by atoms with Crippen molar-refractivity contribution in [3.05, 3.63) is 71.4 Å². The summed E-state index contributed by atoms with van der Waals surface area (Å²) in [5.74, 6) is 0.973. The van der Waals surface area contributed by atoms with Gasteiger partial charge in [-0.3, -0.25) is 9.69 Å². The molecular formula is C29H38N4O2. The number of fused-ring (bicyclic) bond motifs is 1. The molecule has 0 atom stereocenters.